The van der Waals surface area contributed by atoms with Gasteiger partial charge in [-0.2, -0.15) is 0 Å². The molecule has 0 fully saturated rings. The minimum Gasteiger partial charge on any atom is -0.305 e. The molecule has 0 aliphatic carbocycles. The summed E-state index contributed by atoms with van der Waals surface area (Å²) in [5, 5.41) is 1.49. The fraction of sp³-hybridized carbons (Fsp3) is 0.476. The first-order valence-electron chi connectivity index (χ1n) is 8.46. The molecule has 0 unspecified atom stereocenters. The first-order chi connectivity index (χ1) is 10.5. The number of pyridine rings is 1. The molecule has 24 heavy (non-hydrogen) atoms. The second-order valence-electron chi connectivity index (χ2n) is 8.95. The van der Waals surface area contributed by atoms with Crippen LogP contribution >= 0.6 is 0 Å². The van der Waals surface area contributed by atoms with Crippen LogP contribution in [0, 0.1) is 25.3 Å². The summed E-state index contributed by atoms with van der Waals surface area (Å²) >= 11 is 0. The number of hydrogen-bond acceptors (Lipinski definition) is 1. The Kier molecular flexibility index (Phi) is 6.77. The van der Waals surface area contributed by atoms with Crippen molar-refractivity contribution in [2.24, 2.45) is 5.41 Å². The minimum absolute atomic E-state index is 0. The van der Waals surface area contributed by atoms with Crippen LogP contribution in [-0.4, -0.2) is 13.1 Å². The maximum absolute atomic E-state index is 4.80. The van der Waals surface area contributed by atoms with E-state index < -0.39 is 8.07 Å². The van der Waals surface area contributed by atoms with Crippen LogP contribution in [0.3, 0.4) is 0 Å². The van der Waals surface area contributed by atoms with Crippen molar-refractivity contribution < 1.29 is 20.1 Å². The van der Waals surface area contributed by atoms with Crippen molar-refractivity contribution in [2.75, 3.05) is 0 Å². The van der Waals surface area contributed by atoms with Gasteiger partial charge >= 0.3 is 0 Å². The fourth-order valence-electron chi connectivity index (χ4n) is 3.06. The summed E-state index contributed by atoms with van der Waals surface area (Å²) < 4.78 is 0. The third kappa shape index (κ3) is 5.37. The van der Waals surface area contributed by atoms with E-state index in [0.717, 1.165) is 17.7 Å². The molecular weight excluding hydrogens is 487 g/mol. The van der Waals surface area contributed by atoms with Gasteiger partial charge in [-0.25, -0.2) is 0 Å². The van der Waals surface area contributed by atoms with E-state index in [1.807, 2.05) is 0 Å². The van der Waals surface area contributed by atoms with E-state index in [0.29, 0.717) is 0 Å². The summed E-state index contributed by atoms with van der Waals surface area (Å²) in [6.45, 7) is 18.4. The molecular formula is C21H30IrNSi-. The number of rotatable bonds is 3. The Balaban J connectivity index is 0.00000288. The Morgan fingerprint density at radius 1 is 1.08 bits per heavy atom. The van der Waals surface area contributed by atoms with Gasteiger partial charge in [0.1, 0.15) is 0 Å². The summed E-state index contributed by atoms with van der Waals surface area (Å²) in [5.74, 6) is 0. The van der Waals surface area contributed by atoms with E-state index in [1.165, 1.54) is 21.9 Å². The van der Waals surface area contributed by atoms with E-state index in [1.54, 1.807) is 0 Å². The Morgan fingerprint density at radius 3 is 2.21 bits per heavy atom. The van der Waals surface area contributed by atoms with Gasteiger partial charge in [0, 0.05) is 26.3 Å². The molecule has 1 aromatic heterocycles. The molecule has 0 saturated carbocycles. The monoisotopic (exact) mass is 517 g/mol. The molecule has 1 heterocycles. The molecule has 1 radical (unpaired) electrons. The predicted octanol–water partition coefficient (Wildman–Crippen LogP) is 5.30. The predicted molar refractivity (Wildman–Crippen MR) is 104 cm³/mol. The number of benzene rings is 1. The molecule has 0 atom stereocenters. The zero-order valence-corrected chi connectivity index (χ0v) is 19.7. The van der Waals surface area contributed by atoms with Gasteiger partial charge in [0.05, 0.1) is 8.07 Å². The molecule has 0 aliphatic heterocycles. The van der Waals surface area contributed by atoms with Crippen LogP contribution in [-0.2, 0) is 26.5 Å². The number of aryl methyl sites for hydroxylation is 2. The van der Waals surface area contributed by atoms with E-state index in [9.17, 15) is 0 Å². The Hall–Kier alpha value is -0.764. The molecule has 1 nitrogen and oxygen atoms in total. The van der Waals surface area contributed by atoms with Gasteiger partial charge in [0.25, 0.3) is 0 Å². The topological polar surface area (TPSA) is 12.9 Å². The molecule has 0 N–H and O–H groups in total. The molecule has 133 valence electrons. The second-order valence-corrected chi connectivity index (χ2v) is 14.0. The summed E-state index contributed by atoms with van der Waals surface area (Å²) in [5.41, 5.74) is 6.44. The van der Waals surface area contributed by atoms with Crippen LogP contribution in [0.1, 0.15) is 37.5 Å². The number of aromatic nitrogens is 1. The average molecular weight is 517 g/mol. The van der Waals surface area contributed by atoms with Crippen LogP contribution < -0.4 is 5.19 Å². The van der Waals surface area contributed by atoms with Gasteiger partial charge < -0.3 is 4.98 Å². The third-order valence-electron chi connectivity index (χ3n) is 4.06. The van der Waals surface area contributed by atoms with Gasteiger partial charge in [-0.15, -0.1) is 34.9 Å². The van der Waals surface area contributed by atoms with Crippen LogP contribution in [0.15, 0.2) is 24.4 Å². The van der Waals surface area contributed by atoms with Crippen molar-refractivity contribution in [1.29, 1.82) is 0 Å². The zero-order valence-electron chi connectivity index (χ0n) is 16.3. The Labute approximate surface area is 162 Å². The molecule has 0 aliphatic rings. The van der Waals surface area contributed by atoms with Crippen molar-refractivity contribution in [3.05, 3.63) is 47.2 Å². The third-order valence-corrected chi connectivity index (χ3v) is 6.12. The van der Waals surface area contributed by atoms with Crippen LogP contribution in [0.5, 0.6) is 0 Å². The van der Waals surface area contributed by atoms with Crippen LogP contribution in [0.2, 0.25) is 19.6 Å². The zero-order chi connectivity index (χ0) is 17.4. The van der Waals surface area contributed by atoms with E-state index >= 15 is 0 Å². The smallest absolute Gasteiger partial charge is 0.0798 e. The summed E-state index contributed by atoms with van der Waals surface area (Å²) in [4.78, 5) is 4.80. The number of nitrogens with zero attached hydrogens (tertiary/aromatic N) is 1. The minimum atomic E-state index is -1.40. The standard InChI is InChI=1S/C21H30NSi.Ir/c1-15-9-10-18(16(2)11-15)19-12-17(13-21(3,4)5)20(14-22-19)23(6,7)8;/h9,11-12,14H,13H2,1-8H3;/q-1;. The summed E-state index contributed by atoms with van der Waals surface area (Å²) in [6, 6.07) is 10.00. The van der Waals surface area contributed by atoms with Crippen molar-refractivity contribution in [1.82, 2.24) is 4.98 Å². The normalized spacial score (nSPS) is 12.0. The van der Waals surface area contributed by atoms with Crippen LogP contribution in [0.4, 0.5) is 0 Å². The van der Waals surface area contributed by atoms with Crippen molar-refractivity contribution >= 4 is 13.3 Å². The molecule has 3 heteroatoms. The SMILES string of the molecule is Cc1c[c-]c(-c2cc(CC(C)(C)C)c([Si](C)(C)C)cn2)c(C)c1.[Ir]. The Bertz CT molecular complexity index is 709. The molecule has 2 aromatic rings. The van der Waals surface area contributed by atoms with Crippen LogP contribution in [0.25, 0.3) is 11.3 Å². The fourth-order valence-corrected chi connectivity index (χ4v) is 4.63. The molecule has 0 saturated heterocycles. The van der Waals surface area contributed by atoms with Crippen molar-refractivity contribution in [3.8, 4) is 11.3 Å². The summed E-state index contributed by atoms with van der Waals surface area (Å²) in [6.07, 6.45) is 3.22. The number of hydrogen-bond donors (Lipinski definition) is 0. The molecule has 2 rings (SSSR count). The van der Waals surface area contributed by atoms with E-state index in [2.05, 4.69) is 84.7 Å². The maximum atomic E-state index is 4.80. The Morgan fingerprint density at radius 2 is 1.71 bits per heavy atom. The van der Waals surface area contributed by atoms with E-state index in [-0.39, 0.29) is 25.5 Å². The van der Waals surface area contributed by atoms with Gasteiger partial charge in [-0.05, 0) is 22.7 Å². The second kappa shape index (κ2) is 7.64. The van der Waals surface area contributed by atoms with Crippen molar-refractivity contribution in [2.45, 2.75) is 60.7 Å². The quantitative estimate of drug-likeness (QED) is 0.399. The average Bonchev–Trinajstić information content (AvgIpc) is 2.35. The van der Waals surface area contributed by atoms with Crippen molar-refractivity contribution in [3.63, 3.8) is 0 Å². The molecule has 0 bridgehead atoms. The maximum Gasteiger partial charge on any atom is 0.0798 e. The summed E-state index contributed by atoms with van der Waals surface area (Å²) in [7, 11) is -1.40. The molecule has 0 amide bonds. The first kappa shape index (κ1) is 21.3. The largest absolute Gasteiger partial charge is 0.305 e. The molecule has 0 spiro atoms. The first-order valence-corrected chi connectivity index (χ1v) is 12.0. The van der Waals surface area contributed by atoms with Gasteiger partial charge in [0.15, 0.2) is 0 Å². The van der Waals surface area contributed by atoms with E-state index in [4.69, 9.17) is 4.98 Å². The van der Waals surface area contributed by atoms with Gasteiger partial charge in [0.2, 0.25) is 0 Å². The molecule has 1 aromatic carbocycles. The van der Waals surface area contributed by atoms with Gasteiger partial charge in [-0.3, -0.25) is 0 Å². The van der Waals surface area contributed by atoms with Gasteiger partial charge in [-0.1, -0.05) is 65.9 Å².